The molecule has 1 saturated heterocycles. The summed E-state index contributed by atoms with van der Waals surface area (Å²) in [6.45, 7) is 7.76. The highest BCUT2D eigenvalue weighted by atomic mass is 16.2. The maximum Gasteiger partial charge on any atom is 0.251 e. The van der Waals surface area contributed by atoms with Gasteiger partial charge in [0.1, 0.15) is 6.04 Å². The molecule has 0 aliphatic carbocycles. The molecule has 1 fully saturated rings. The van der Waals surface area contributed by atoms with Crippen LogP contribution in [0.1, 0.15) is 50.4 Å². The van der Waals surface area contributed by atoms with E-state index >= 15 is 0 Å². The Morgan fingerprint density at radius 3 is 2.87 bits per heavy atom. The summed E-state index contributed by atoms with van der Waals surface area (Å²) < 4.78 is 0. The number of rotatable bonds is 2. The fraction of sp³-hybridized carbons (Fsp3) is 0.556. The highest BCUT2D eigenvalue weighted by Gasteiger charge is 2.34. The molecule has 0 saturated carbocycles. The molecule has 0 aromatic heterocycles. The molecular formula is C18H25N3O2. The Balaban J connectivity index is 1.81. The van der Waals surface area contributed by atoms with Gasteiger partial charge < -0.3 is 15.5 Å². The molecule has 2 amide bonds. The number of carbonyl (C=O) groups excluding carboxylic acids is 2. The summed E-state index contributed by atoms with van der Waals surface area (Å²) in [5.41, 5.74) is 2.40. The Morgan fingerprint density at radius 2 is 2.13 bits per heavy atom. The number of fused-ring (bicyclic) bond motifs is 3. The van der Waals surface area contributed by atoms with Gasteiger partial charge in [0.05, 0.1) is 11.4 Å². The third-order valence-corrected chi connectivity index (χ3v) is 4.41. The van der Waals surface area contributed by atoms with Gasteiger partial charge in [-0.3, -0.25) is 9.59 Å². The molecule has 124 valence electrons. The molecule has 2 aliphatic rings. The van der Waals surface area contributed by atoms with Crippen LogP contribution in [0.4, 0.5) is 11.4 Å². The van der Waals surface area contributed by atoms with Crippen LogP contribution >= 0.6 is 0 Å². The third-order valence-electron chi connectivity index (χ3n) is 4.41. The van der Waals surface area contributed by atoms with Crippen molar-refractivity contribution in [2.75, 3.05) is 23.3 Å². The van der Waals surface area contributed by atoms with Crippen molar-refractivity contribution >= 4 is 23.2 Å². The van der Waals surface area contributed by atoms with E-state index < -0.39 is 0 Å². The number of benzene rings is 1. The summed E-state index contributed by atoms with van der Waals surface area (Å²) >= 11 is 0. The zero-order valence-electron chi connectivity index (χ0n) is 14.1. The Morgan fingerprint density at radius 1 is 1.35 bits per heavy atom. The molecule has 3 rings (SSSR count). The van der Waals surface area contributed by atoms with Crippen molar-refractivity contribution in [2.24, 2.45) is 5.41 Å². The van der Waals surface area contributed by atoms with Crippen LogP contribution in [0, 0.1) is 5.41 Å². The zero-order chi connectivity index (χ0) is 16.6. The lowest BCUT2D eigenvalue weighted by Gasteiger charge is -2.41. The molecule has 0 bridgehead atoms. The summed E-state index contributed by atoms with van der Waals surface area (Å²) in [5.74, 6) is -0.0535. The molecule has 2 aliphatic heterocycles. The molecule has 1 aromatic carbocycles. The quantitative estimate of drug-likeness (QED) is 0.882. The van der Waals surface area contributed by atoms with Crippen LogP contribution in [0.2, 0.25) is 0 Å². The van der Waals surface area contributed by atoms with Crippen molar-refractivity contribution in [1.29, 1.82) is 0 Å². The Kier molecular flexibility index (Phi) is 4.04. The van der Waals surface area contributed by atoms with E-state index in [0.29, 0.717) is 12.1 Å². The van der Waals surface area contributed by atoms with Crippen LogP contribution in [0.25, 0.3) is 0 Å². The number of amides is 2. The number of nitrogens with one attached hydrogen (secondary N) is 2. The van der Waals surface area contributed by atoms with Gasteiger partial charge in [-0.1, -0.05) is 20.8 Å². The fourth-order valence-corrected chi connectivity index (χ4v) is 3.18. The second-order valence-corrected chi connectivity index (χ2v) is 7.67. The van der Waals surface area contributed by atoms with E-state index in [2.05, 4.69) is 36.3 Å². The summed E-state index contributed by atoms with van der Waals surface area (Å²) in [7, 11) is 0. The van der Waals surface area contributed by atoms with E-state index in [1.54, 1.807) is 6.07 Å². The summed E-state index contributed by atoms with van der Waals surface area (Å²) in [6, 6.07) is 5.53. The number of carbonyl (C=O) groups is 2. The maximum absolute atomic E-state index is 12.3. The first kappa shape index (κ1) is 15.8. The molecule has 5 nitrogen and oxygen atoms in total. The maximum atomic E-state index is 12.3. The first-order chi connectivity index (χ1) is 10.8. The highest BCUT2D eigenvalue weighted by molar-refractivity contribution is 6.05. The third kappa shape index (κ3) is 3.33. The van der Waals surface area contributed by atoms with Crippen LogP contribution in [0.15, 0.2) is 18.2 Å². The van der Waals surface area contributed by atoms with E-state index in [0.717, 1.165) is 37.2 Å². The number of anilines is 2. The molecule has 2 N–H and O–H groups in total. The number of hydrogen-bond donors (Lipinski definition) is 2. The van der Waals surface area contributed by atoms with Crippen LogP contribution in [-0.4, -0.2) is 30.9 Å². The van der Waals surface area contributed by atoms with Gasteiger partial charge in [0.25, 0.3) is 5.91 Å². The summed E-state index contributed by atoms with van der Waals surface area (Å²) in [4.78, 5) is 26.8. The van der Waals surface area contributed by atoms with E-state index in [1.807, 2.05) is 12.1 Å². The van der Waals surface area contributed by atoms with Gasteiger partial charge in [0, 0.05) is 18.7 Å². The number of hydrogen-bond acceptors (Lipinski definition) is 3. The summed E-state index contributed by atoms with van der Waals surface area (Å²) in [5, 5.41) is 5.91. The molecule has 0 spiro atoms. The van der Waals surface area contributed by atoms with E-state index in [1.165, 1.54) is 0 Å². The van der Waals surface area contributed by atoms with Crippen LogP contribution in [0.3, 0.4) is 0 Å². The van der Waals surface area contributed by atoms with Crippen molar-refractivity contribution in [3.8, 4) is 0 Å². The van der Waals surface area contributed by atoms with Crippen molar-refractivity contribution in [1.82, 2.24) is 5.32 Å². The molecule has 1 atom stereocenters. The first-order valence-corrected chi connectivity index (χ1v) is 8.35. The number of nitrogens with zero attached hydrogens (tertiary/aromatic N) is 1. The van der Waals surface area contributed by atoms with Gasteiger partial charge in [-0.05, 0) is 42.9 Å². The van der Waals surface area contributed by atoms with Gasteiger partial charge in [0.15, 0.2) is 0 Å². The molecule has 2 heterocycles. The zero-order valence-corrected chi connectivity index (χ0v) is 14.1. The van der Waals surface area contributed by atoms with E-state index in [4.69, 9.17) is 0 Å². The monoisotopic (exact) mass is 315 g/mol. The lowest BCUT2D eigenvalue weighted by Crippen LogP contribution is -2.50. The lowest BCUT2D eigenvalue weighted by molar-refractivity contribution is -0.118. The van der Waals surface area contributed by atoms with Crippen molar-refractivity contribution < 1.29 is 9.59 Å². The first-order valence-electron chi connectivity index (χ1n) is 8.35. The minimum Gasteiger partial charge on any atom is -0.358 e. The van der Waals surface area contributed by atoms with Gasteiger partial charge in [-0.25, -0.2) is 0 Å². The van der Waals surface area contributed by atoms with Gasteiger partial charge >= 0.3 is 0 Å². The standard InChI is InChI=1S/C18H25N3O2/c1-18(2,3)11-19-16(22)12-7-8-14-13(10-12)20-17(23)15-6-4-5-9-21(14)15/h7-8,10,15H,4-6,9,11H2,1-3H3,(H,19,22)(H,20,23). The predicted molar refractivity (Wildman–Crippen MR) is 91.8 cm³/mol. The van der Waals surface area contributed by atoms with Gasteiger partial charge in [-0.2, -0.15) is 0 Å². The Bertz CT molecular complexity index is 634. The predicted octanol–water partition coefficient (Wildman–Crippen LogP) is 2.77. The van der Waals surface area contributed by atoms with Crippen LogP contribution < -0.4 is 15.5 Å². The molecule has 5 heteroatoms. The summed E-state index contributed by atoms with van der Waals surface area (Å²) in [6.07, 6.45) is 3.10. The molecule has 1 unspecified atom stereocenters. The van der Waals surface area contributed by atoms with Crippen molar-refractivity contribution in [2.45, 2.75) is 46.1 Å². The topological polar surface area (TPSA) is 61.4 Å². The van der Waals surface area contributed by atoms with E-state index in [9.17, 15) is 9.59 Å². The second kappa shape index (κ2) is 5.87. The average Bonchev–Trinajstić information content (AvgIpc) is 2.51. The molecule has 1 aromatic rings. The highest BCUT2D eigenvalue weighted by Crippen LogP contribution is 2.36. The van der Waals surface area contributed by atoms with Crippen LogP contribution in [0.5, 0.6) is 0 Å². The van der Waals surface area contributed by atoms with Crippen molar-refractivity contribution in [3.63, 3.8) is 0 Å². The fourth-order valence-electron chi connectivity index (χ4n) is 3.18. The molecule has 0 radical (unpaired) electrons. The average molecular weight is 315 g/mol. The smallest absolute Gasteiger partial charge is 0.251 e. The van der Waals surface area contributed by atoms with Gasteiger partial charge in [-0.15, -0.1) is 0 Å². The van der Waals surface area contributed by atoms with Gasteiger partial charge in [0.2, 0.25) is 5.91 Å². The Hall–Kier alpha value is -2.04. The van der Waals surface area contributed by atoms with Crippen molar-refractivity contribution in [3.05, 3.63) is 23.8 Å². The minimum atomic E-state index is -0.0993. The lowest BCUT2D eigenvalue weighted by atomic mass is 9.96. The minimum absolute atomic E-state index is 0.0408. The van der Waals surface area contributed by atoms with E-state index in [-0.39, 0.29) is 23.3 Å². The van der Waals surface area contributed by atoms with Crippen LogP contribution in [-0.2, 0) is 4.79 Å². The normalized spacial score (nSPS) is 20.4. The number of piperidine rings is 1. The second-order valence-electron chi connectivity index (χ2n) is 7.67. The molecular weight excluding hydrogens is 290 g/mol. The largest absolute Gasteiger partial charge is 0.358 e. The molecule has 23 heavy (non-hydrogen) atoms. The Labute approximate surface area is 137 Å². The SMILES string of the molecule is CC(C)(C)CNC(=O)c1ccc2c(c1)NC(=O)C1CCCCN21.